The fourth-order valence-corrected chi connectivity index (χ4v) is 5.01. The van der Waals surface area contributed by atoms with E-state index in [1.54, 1.807) is 19.2 Å². The van der Waals surface area contributed by atoms with Crippen molar-refractivity contribution in [3.63, 3.8) is 0 Å². The highest BCUT2D eigenvalue weighted by Crippen LogP contribution is 2.26. The molecule has 1 saturated heterocycles. The zero-order valence-electron chi connectivity index (χ0n) is 15.8. The van der Waals surface area contributed by atoms with Crippen LogP contribution in [0, 0.1) is 5.92 Å². The SMILES string of the molecule is COCCCNC(=O)C1CCN(S(=O)(=O)c2ccc3c(ccn3C)c2)CC1. The second kappa shape index (κ2) is 8.41. The Labute approximate surface area is 160 Å². The van der Waals surface area contributed by atoms with E-state index in [1.807, 2.05) is 29.9 Å². The number of rotatable bonds is 7. The van der Waals surface area contributed by atoms with E-state index in [9.17, 15) is 13.2 Å². The average molecular weight is 394 g/mol. The molecule has 2 aromatic rings. The van der Waals surface area contributed by atoms with Crippen molar-refractivity contribution in [2.75, 3.05) is 33.4 Å². The number of sulfonamides is 1. The molecule has 0 saturated carbocycles. The van der Waals surface area contributed by atoms with Crippen LogP contribution >= 0.6 is 0 Å². The Morgan fingerprint density at radius 3 is 2.70 bits per heavy atom. The summed E-state index contributed by atoms with van der Waals surface area (Å²) in [6.07, 6.45) is 3.78. The van der Waals surface area contributed by atoms with Crippen molar-refractivity contribution in [3.8, 4) is 0 Å². The standard InChI is InChI=1S/C19H27N3O4S/c1-21-10-6-16-14-17(4-5-18(16)21)27(24,25)22-11-7-15(8-12-22)19(23)20-9-3-13-26-2/h4-6,10,14-15H,3,7-9,11-13H2,1-2H3,(H,20,23). The van der Waals surface area contributed by atoms with Gasteiger partial charge in [-0.2, -0.15) is 4.31 Å². The second-order valence-corrected chi connectivity index (χ2v) is 8.90. The number of benzene rings is 1. The van der Waals surface area contributed by atoms with Crippen LogP contribution in [-0.2, 0) is 26.6 Å². The van der Waals surface area contributed by atoms with E-state index in [-0.39, 0.29) is 11.8 Å². The molecule has 1 aromatic heterocycles. The van der Waals surface area contributed by atoms with E-state index >= 15 is 0 Å². The van der Waals surface area contributed by atoms with Crippen LogP contribution in [0.2, 0.25) is 0 Å². The predicted octanol–water partition coefficient (Wildman–Crippen LogP) is 1.73. The number of carbonyl (C=O) groups is 1. The number of amides is 1. The van der Waals surface area contributed by atoms with Gasteiger partial charge in [0.1, 0.15) is 0 Å². The fourth-order valence-electron chi connectivity index (χ4n) is 3.50. The highest BCUT2D eigenvalue weighted by Gasteiger charge is 2.32. The third kappa shape index (κ3) is 4.34. The molecule has 1 amide bonds. The van der Waals surface area contributed by atoms with Gasteiger partial charge >= 0.3 is 0 Å². The Balaban J connectivity index is 1.61. The number of nitrogens with zero attached hydrogens (tertiary/aromatic N) is 2. The lowest BCUT2D eigenvalue weighted by Crippen LogP contribution is -2.43. The summed E-state index contributed by atoms with van der Waals surface area (Å²) in [5, 5.41) is 3.81. The van der Waals surface area contributed by atoms with Crippen LogP contribution < -0.4 is 5.32 Å². The van der Waals surface area contributed by atoms with E-state index in [0.717, 1.165) is 17.3 Å². The molecule has 27 heavy (non-hydrogen) atoms. The predicted molar refractivity (Wildman–Crippen MR) is 104 cm³/mol. The van der Waals surface area contributed by atoms with Gasteiger partial charge < -0.3 is 14.6 Å². The zero-order chi connectivity index (χ0) is 19.4. The highest BCUT2D eigenvalue weighted by atomic mass is 32.2. The van der Waals surface area contributed by atoms with Gasteiger partial charge in [0.25, 0.3) is 0 Å². The smallest absolute Gasteiger partial charge is 0.243 e. The molecule has 0 spiro atoms. The monoisotopic (exact) mass is 393 g/mol. The zero-order valence-corrected chi connectivity index (χ0v) is 16.7. The summed E-state index contributed by atoms with van der Waals surface area (Å²) in [7, 11) is 0.0228. The van der Waals surface area contributed by atoms with Crippen LogP contribution in [0.1, 0.15) is 19.3 Å². The van der Waals surface area contributed by atoms with Crippen molar-refractivity contribution < 1.29 is 17.9 Å². The number of hydrogen-bond acceptors (Lipinski definition) is 4. The molecule has 1 aliphatic heterocycles. The number of ether oxygens (including phenoxy) is 1. The van der Waals surface area contributed by atoms with Crippen LogP contribution in [0.15, 0.2) is 35.4 Å². The van der Waals surface area contributed by atoms with Gasteiger partial charge in [0.2, 0.25) is 15.9 Å². The Hall–Kier alpha value is -1.90. The van der Waals surface area contributed by atoms with Crippen molar-refractivity contribution >= 4 is 26.8 Å². The molecule has 0 aliphatic carbocycles. The van der Waals surface area contributed by atoms with E-state index < -0.39 is 10.0 Å². The largest absolute Gasteiger partial charge is 0.385 e. The molecule has 1 N–H and O–H groups in total. The molecule has 2 heterocycles. The van der Waals surface area contributed by atoms with Gasteiger partial charge in [0.15, 0.2) is 0 Å². The third-order valence-corrected chi connectivity index (χ3v) is 7.04. The molecule has 7 nitrogen and oxygen atoms in total. The van der Waals surface area contributed by atoms with Crippen LogP contribution in [0.4, 0.5) is 0 Å². The van der Waals surface area contributed by atoms with Crippen LogP contribution in [0.5, 0.6) is 0 Å². The van der Waals surface area contributed by atoms with E-state index in [4.69, 9.17) is 4.74 Å². The van der Waals surface area contributed by atoms with Gasteiger partial charge in [-0.25, -0.2) is 8.42 Å². The number of carbonyl (C=O) groups excluding carboxylic acids is 1. The maximum absolute atomic E-state index is 13.0. The van der Waals surface area contributed by atoms with Gasteiger partial charge in [-0.3, -0.25) is 4.79 Å². The number of aryl methyl sites for hydroxylation is 1. The quantitative estimate of drug-likeness (QED) is 0.727. The number of piperidine rings is 1. The summed E-state index contributed by atoms with van der Waals surface area (Å²) in [5.74, 6) is -0.121. The molecule has 0 radical (unpaired) electrons. The first-order valence-electron chi connectivity index (χ1n) is 9.25. The summed E-state index contributed by atoms with van der Waals surface area (Å²) in [6, 6.07) is 7.13. The minimum absolute atomic E-state index is 0.00820. The van der Waals surface area contributed by atoms with Crippen LogP contribution in [0.3, 0.4) is 0 Å². The average Bonchev–Trinajstić information content (AvgIpc) is 3.05. The molecule has 0 unspecified atom stereocenters. The van der Waals surface area contributed by atoms with E-state index in [2.05, 4.69) is 5.32 Å². The number of nitrogens with one attached hydrogen (secondary N) is 1. The lowest BCUT2D eigenvalue weighted by atomic mass is 9.97. The Bertz CT molecular complexity index is 899. The van der Waals surface area contributed by atoms with Crippen molar-refractivity contribution in [1.82, 2.24) is 14.2 Å². The lowest BCUT2D eigenvalue weighted by molar-refractivity contribution is -0.126. The van der Waals surface area contributed by atoms with Crippen molar-refractivity contribution in [2.45, 2.75) is 24.2 Å². The fraction of sp³-hybridized carbons (Fsp3) is 0.526. The maximum Gasteiger partial charge on any atom is 0.243 e. The van der Waals surface area contributed by atoms with E-state index in [0.29, 0.717) is 44.0 Å². The molecular weight excluding hydrogens is 366 g/mol. The molecule has 148 valence electrons. The summed E-state index contributed by atoms with van der Waals surface area (Å²) in [6.45, 7) is 1.93. The van der Waals surface area contributed by atoms with Gasteiger partial charge in [-0.05, 0) is 43.5 Å². The first-order chi connectivity index (χ1) is 12.9. The summed E-state index contributed by atoms with van der Waals surface area (Å²) >= 11 is 0. The van der Waals surface area contributed by atoms with Gasteiger partial charge in [-0.1, -0.05) is 0 Å². The summed E-state index contributed by atoms with van der Waals surface area (Å²) in [5.41, 5.74) is 0.998. The minimum atomic E-state index is -3.54. The first-order valence-corrected chi connectivity index (χ1v) is 10.7. The Kier molecular flexibility index (Phi) is 6.18. The molecule has 1 aromatic carbocycles. The summed E-state index contributed by atoms with van der Waals surface area (Å²) < 4.78 is 34.3. The molecule has 1 fully saturated rings. The third-order valence-electron chi connectivity index (χ3n) is 5.14. The Morgan fingerprint density at radius 2 is 2.00 bits per heavy atom. The molecule has 0 bridgehead atoms. The molecule has 3 rings (SSSR count). The highest BCUT2D eigenvalue weighted by molar-refractivity contribution is 7.89. The van der Waals surface area contributed by atoms with Crippen LogP contribution in [-0.4, -0.2) is 56.5 Å². The van der Waals surface area contributed by atoms with Gasteiger partial charge in [-0.15, -0.1) is 0 Å². The first kappa shape index (κ1) is 19.9. The van der Waals surface area contributed by atoms with Gasteiger partial charge in [0, 0.05) is 63.4 Å². The van der Waals surface area contributed by atoms with Crippen molar-refractivity contribution in [3.05, 3.63) is 30.5 Å². The Morgan fingerprint density at radius 1 is 1.26 bits per heavy atom. The van der Waals surface area contributed by atoms with Crippen molar-refractivity contribution in [2.24, 2.45) is 13.0 Å². The normalized spacial score (nSPS) is 16.7. The van der Waals surface area contributed by atoms with Gasteiger partial charge in [0.05, 0.1) is 4.90 Å². The summed E-state index contributed by atoms with van der Waals surface area (Å²) in [4.78, 5) is 12.5. The minimum Gasteiger partial charge on any atom is -0.385 e. The number of aromatic nitrogens is 1. The number of hydrogen-bond donors (Lipinski definition) is 1. The topological polar surface area (TPSA) is 80.6 Å². The number of methoxy groups -OCH3 is 1. The molecule has 8 heteroatoms. The number of fused-ring (bicyclic) bond motifs is 1. The lowest BCUT2D eigenvalue weighted by Gasteiger charge is -2.30. The molecule has 0 atom stereocenters. The maximum atomic E-state index is 13.0. The van der Waals surface area contributed by atoms with Crippen molar-refractivity contribution in [1.29, 1.82) is 0 Å². The van der Waals surface area contributed by atoms with E-state index in [1.165, 1.54) is 4.31 Å². The van der Waals surface area contributed by atoms with Crippen LogP contribution in [0.25, 0.3) is 10.9 Å². The molecular formula is C19H27N3O4S. The molecule has 1 aliphatic rings. The second-order valence-electron chi connectivity index (χ2n) is 6.96.